The molecule has 1 aromatic carbocycles. The van der Waals surface area contributed by atoms with Crippen molar-refractivity contribution in [1.29, 1.82) is 0 Å². The van der Waals surface area contributed by atoms with E-state index >= 15 is 0 Å². The van der Waals surface area contributed by atoms with Crippen LogP contribution >= 0.6 is 0 Å². The topological polar surface area (TPSA) is 104 Å². The molecule has 0 aliphatic heterocycles. The first-order chi connectivity index (χ1) is 8.14. The van der Waals surface area contributed by atoms with Gasteiger partial charge in [0, 0.05) is 5.69 Å². The molecule has 2 unspecified atom stereocenters. The van der Waals surface area contributed by atoms with Crippen LogP contribution in [0.2, 0.25) is 0 Å². The number of benzene rings is 1. The van der Waals surface area contributed by atoms with Gasteiger partial charge in [0.25, 0.3) is 0 Å². The van der Waals surface area contributed by atoms with E-state index in [9.17, 15) is 23.1 Å². The van der Waals surface area contributed by atoms with E-state index in [1.54, 1.807) is 0 Å². The standard InChI is InChI=1S/C10H10F3NO4/c11-10(12,13)5-2-1-4(3-6(5)14)7(15)8(16)9(17)18/h1-3,7-8,15-16H,14H2,(H,17,18). The zero-order chi connectivity index (χ0) is 14.1. The van der Waals surface area contributed by atoms with E-state index in [0.717, 1.165) is 12.1 Å². The zero-order valence-corrected chi connectivity index (χ0v) is 8.85. The first-order valence-corrected chi connectivity index (χ1v) is 4.70. The van der Waals surface area contributed by atoms with Gasteiger partial charge in [-0.1, -0.05) is 6.07 Å². The molecule has 18 heavy (non-hydrogen) atoms. The van der Waals surface area contributed by atoms with E-state index < -0.39 is 35.6 Å². The summed E-state index contributed by atoms with van der Waals surface area (Å²) in [6, 6.07) is 2.25. The van der Waals surface area contributed by atoms with Gasteiger partial charge < -0.3 is 21.1 Å². The summed E-state index contributed by atoms with van der Waals surface area (Å²) in [5.41, 5.74) is 3.20. The third-order valence-corrected chi connectivity index (χ3v) is 2.27. The predicted octanol–water partition coefficient (Wildman–Crippen LogP) is 0.767. The number of halogens is 3. The summed E-state index contributed by atoms with van der Waals surface area (Å²) in [6.45, 7) is 0. The van der Waals surface area contributed by atoms with Crippen LogP contribution in [0.5, 0.6) is 0 Å². The van der Waals surface area contributed by atoms with Crippen molar-refractivity contribution in [2.24, 2.45) is 0 Å². The van der Waals surface area contributed by atoms with Crippen LogP contribution in [0, 0.1) is 0 Å². The number of nitrogens with two attached hydrogens (primary N) is 1. The molecule has 5 nitrogen and oxygen atoms in total. The molecule has 0 bridgehead atoms. The van der Waals surface area contributed by atoms with Gasteiger partial charge in [0.15, 0.2) is 6.10 Å². The summed E-state index contributed by atoms with van der Waals surface area (Å²) < 4.78 is 37.1. The van der Waals surface area contributed by atoms with Crippen LogP contribution in [0.15, 0.2) is 18.2 Å². The first kappa shape index (κ1) is 14.3. The van der Waals surface area contributed by atoms with E-state index in [2.05, 4.69) is 0 Å². The van der Waals surface area contributed by atoms with Crippen molar-refractivity contribution < 1.29 is 33.3 Å². The van der Waals surface area contributed by atoms with Crippen molar-refractivity contribution in [2.45, 2.75) is 18.4 Å². The van der Waals surface area contributed by atoms with Crippen molar-refractivity contribution in [3.8, 4) is 0 Å². The lowest BCUT2D eigenvalue weighted by Gasteiger charge is -2.16. The quantitative estimate of drug-likeness (QED) is 0.604. The fourth-order valence-electron chi connectivity index (χ4n) is 1.34. The maximum Gasteiger partial charge on any atom is 0.418 e. The molecular formula is C10H10F3NO4. The summed E-state index contributed by atoms with van der Waals surface area (Å²) in [5, 5.41) is 26.9. The normalized spacial score (nSPS) is 15.2. The van der Waals surface area contributed by atoms with Gasteiger partial charge >= 0.3 is 12.1 Å². The van der Waals surface area contributed by atoms with Crippen LogP contribution < -0.4 is 5.73 Å². The highest BCUT2D eigenvalue weighted by atomic mass is 19.4. The highest BCUT2D eigenvalue weighted by Crippen LogP contribution is 2.35. The molecule has 0 saturated carbocycles. The molecule has 0 radical (unpaired) electrons. The Hall–Kier alpha value is -1.80. The second kappa shape index (κ2) is 4.83. The second-order valence-electron chi connectivity index (χ2n) is 3.57. The molecule has 2 atom stereocenters. The lowest BCUT2D eigenvalue weighted by Crippen LogP contribution is -2.27. The maximum absolute atomic E-state index is 12.4. The molecule has 0 amide bonds. The van der Waals surface area contributed by atoms with Gasteiger partial charge in [0.05, 0.1) is 5.56 Å². The Bertz CT molecular complexity index is 461. The van der Waals surface area contributed by atoms with Gasteiger partial charge in [-0.3, -0.25) is 0 Å². The summed E-state index contributed by atoms with van der Waals surface area (Å²) >= 11 is 0. The number of anilines is 1. The average molecular weight is 265 g/mol. The lowest BCUT2D eigenvalue weighted by atomic mass is 10.0. The van der Waals surface area contributed by atoms with Crippen molar-refractivity contribution in [3.05, 3.63) is 29.3 Å². The first-order valence-electron chi connectivity index (χ1n) is 4.70. The van der Waals surface area contributed by atoms with Gasteiger partial charge in [-0.05, 0) is 17.7 Å². The fraction of sp³-hybridized carbons (Fsp3) is 0.300. The smallest absolute Gasteiger partial charge is 0.418 e. The number of aliphatic carboxylic acids is 1. The molecule has 0 heterocycles. The SMILES string of the molecule is Nc1cc(C(O)C(O)C(=O)O)ccc1C(F)(F)F. The van der Waals surface area contributed by atoms with Gasteiger partial charge in [0.1, 0.15) is 6.10 Å². The molecule has 100 valence electrons. The van der Waals surface area contributed by atoms with Crippen LogP contribution in [0.1, 0.15) is 17.2 Å². The largest absolute Gasteiger partial charge is 0.479 e. The Labute approximate surface area is 99.3 Å². The molecule has 5 N–H and O–H groups in total. The van der Waals surface area contributed by atoms with E-state index in [4.69, 9.17) is 15.9 Å². The summed E-state index contributed by atoms with van der Waals surface area (Å²) in [5.74, 6) is -1.69. The van der Waals surface area contributed by atoms with Gasteiger partial charge in [-0.25, -0.2) is 4.79 Å². The Morgan fingerprint density at radius 1 is 1.28 bits per heavy atom. The minimum Gasteiger partial charge on any atom is -0.479 e. The van der Waals surface area contributed by atoms with E-state index in [1.807, 2.05) is 0 Å². The Morgan fingerprint density at radius 2 is 1.83 bits per heavy atom. The predicted molar refractivity (Wildman–Crippen MR) is 54.5 cm³/mol. The summed E-state index contributed by atoms with van der Waals surface area (Å²) in [7, 11) is 0. The fourth-order valence-corrected chi connectivity index (χ4v) is 1.34. The average Bonchev–Trinajstić information content (AvgIpc) is 2.24. The number of nitrogen functional groups attached to an aromatic ring is 1. The third kappa shape index (κ3) is 2.90. The molecule has 0 saturated heterocycles. The highest BCUT2D eigenvalue weighted by Gasteiger charge is 2.34. The monoisotopic (exact) mass is 265 g/mol. The Balaban J connectivity index is 3.08. The van der Waals surface area contributed by atoms with Gasteiger partial charge in [0.2, 0.25) is 0 Å². The van der Waals surface area contributed by atoms with Gasteiger partial charge in [-0.2, -0.15) is 13.2 Å². The molecule has 1 rings (SSSR count). The van der Waals surface area contributed by atoms with Crippen LogP contribution in [0.3, 0.4) is 0 Å². The summed E-state index contributed by atoms with van der Waals surface area (Å²) in [4.78, 5) is 10.4. The summed E-state index contributed by atoms with van der Waals surface area (Å²) in [6.07, 6.45) is -8.63. The second-order valence-corrected chi connectivity index (χ2v) is 3.57. The highest BCUT2D eigenvalue weighted by molar-refractivity contribution is 5.73. The molecule has 0 spiro atoms. The maximum atomic E-state index is 12.4. The molecule has 0 aliphatic rings. The number of carbonyl (C=O) groups is 1. The minimum absolute atomic E-state index is 0.213. The van der Waals surface area contributed by atoms with Crippen LogP contribution in [-0.4, -0.2) is 27.4 Å². The molecule has 0 aliphatic carbocycles. The van der Waals surface area contributed by atoms with E-state index in [-0.39, 0.29) is 5.56 Å². The van der Waals surface area contributed by atoms with Crippen molar-refractivity contribution in [3.63, 3.8) is 0 Å². The van der Waals surface area contributed by atoms with E-state index in [1.165, 1.54) is 0 Å². The number of carboxylic acid groups (broad SMARTS) is 1. The van der Waals surface area contributed by atoms with Crippen LogP contribution in [0.25, 0.3) is 0 Å². The number of aliphatic hydroxyl groups is 2. The molecule has 0 aromatic heterocycles. The van der Waals surface area contributed by atoms with Crippen molar-refractivity contribution in [1.82, 2.24) is 0 Å². The number of aliphatic hydroxyl groups excluding tert-OH is 2. The third-order valence-electron chi connectivity index (χ3n) is 2.27. The number of hydrogen-bond acceptors (Lipinski definition) is 4. The van der Waals surface area contributed by atoms with Crippen molar-refractivity contribution >= 4 is 11.7 Å². The van der Waals surface area contributed by atoms with Gasteiger partial charge in [-0.15, -0.1) is 0 Å². The van der Waals surface area contributed by atoms with Crippen LogP contribution in [0.4, 0.5) is 18.9 Å². The Kier molecular flexibility index (Phi) is 3.82. The molecular weight excluding hydrogens is 255 g/mol. The minimum atomic E-state index is -4.64. The number of carboxylic acids is 1. The number of rotatable bonds is 3. The van der Waals surface area contributed by atoms with Crippen LogP contribution in [-0.2, 0) is 11.0 Å². The number of hydrogen-bond donors (Lipinski definition) is 4. The zero-order valence-electron chi connectivity index (χ0n) is 8.85. The Morgan fingerprint density at radius 3 is 2.22 bits per heavy atom. The molecule has 8 heteroatoms. The molecule has 0 fully saturated rings. The van der Waals surface area contributed by atoms with E-state index in [0.29, 0.717) is 6.07 Å². The number of alkyl halides is 3. The molecule has 1 aromatic rings. The van der Waals surface area contributed by atoms with Crippen molar-refractivity contribution in [2.75, 3.05) is 5.73 Å². The lowest BCUT2D eigenvalue weighted by molar-refractivity contribution is -0.153.